The zero-order valence-electron chi connectivity index (χ0n) is 11.1. The van der Waals surface area contributed by atoms with E-state index in [2.05, 4.69) is 44.3 Å². The molecule has 1 aromatic carbocycles. The first kappa shape index (κ1) is 13.8. The van der Waals surface area contributed by atoms with Gasteiger partial charge in [0.05, 0.1) is 6.10 Å². The van der Waals surface area contributed by atoms with Crippen LogP contribution in [0.2, 0.25) is 0 Å². The summed E-state index contributed by atoms with van der Waals surface area (Å²) in [5.41, 5.74) is 2.60. The normalized spacial score (nSPS) is 17.2. The Morgan fingerprint density at radius 3 is 2.67 bits per heavy atom. The third kappa shape index (κ3) is 3.25. The number of rotatable bonds is 4. The van der Waals surface area contributed by atoms with Crippen LogP contribution in [0.4, 0.5) is 5.69 Å². The summed E-state index contributed by atoms with van der Waals surface area (Å²) in [5.74, 6) is 0. The minimum atomic E-state index is 0.438. The molecule has 0 radical (unpaired) electrons. The van der Waals surface area contributed by atoms with Crippen LogP contribution in [0.15, 0.2) is 22.7 Å². The Hall–Kier alpha value is -0.580. The van der Waals surface area contributed by atoms with Gasteiger partial charge in [0.2, 0.25) is 0 Å². The van der Waals surface area contributed by atoms with Crippen molar-refractivity contribution in [1.29, 1.82) is 0 Å². The summed E-state index contributed by atoms with van der Waals surface area (Å²) in [5, 5.41) is 3.18. The maximum Gasteiger partial charge on any atom is 0.0605 e. The number of nitrogens with zero attached hydrogens (tertiary/aromatic N) is 1. The van der Waals surface area contributed by atoms with E-state index in [9.17, 15) is 0 Å². The molecule has 1 heterocycles. The van der Waals surface area contributed by atoms with Crippen LogP contribution in [-0.2, 0) is 11.3 Å². The fourth-order valence-corrected chi connectivity index (χ4v) is 2.92. The molecule has 0 atom stereocenters. The highest BCUT2D eigenvalue weighted by Crippen LogP contribution is 2.26. The van der Waals surface area contributed by atoms with E-state index in [1.165, 1.54) is 15.7 Å². The molecule has 0 amide bonds. The van der Waals surface area contributed by atoms with E-state index in [1.807, 2.05) is 14.2 Å². The second-order valence-electron chi connectivity index (χ2n) is 4.73. The number of anilines is 1. The average molecular weight is 313 g/mol. The number of ether oxygens (including phenoxy) is 1. The highest BCUT2D eigenvalue weighted by molar-refractivity contribution is 9.10. The molecule has 100 valence electrons. The molecule has 0 saturated carbocycles. The average Bonchev–Trinajstić information content (AvgIpc) is 2.41. The number of benzene rings is 1. The third-order valence-electron chi connectivity index (χ3n) is 3.54. The van der Waals surface area contributed by atoms with Crippen molar-refractivity contribution in [2.45, 2.75) is 25.5 Å². The molecule has 4 heteroatoms. The van der Waals surface area contributed by atoms with Gasteiger partial charge in [-0.3, -0.25) is 0 Å². The SMILES string of the molecule is CNCc1ccc(N2CCC(OC)CC2)cc1Br. The quantitative estimate of drug-likeness (QED) is 0.925. The van der Waals surface area contributed by atoms with E-state index in [-0.39, 0.29) is 0 Å². The van der Waals surface area contributed by atoms with Gasteiger partial charge in [0.25, 0.3) is 0 Å². The fourth-order valence-electron chi connectivity index (χ4n) is 2.42. The van der Waals surface area contributed by atoms with Crippen molar-refractivity contribution in [3.63, 3.8) is 0 Å². The van der Waals surface area contributed by atoms with Gasteiger partial charge in [-0.05, 0) is 37.6 Å². The van der Waals surface area contributed by atoms with Crippen LogP contribution >= 0.6 is 15.9 Å². The van der Waals surface area contributed by atoms with Crippen molar-refractivity contribution in [3.8, 4) is 0 Å². The first-order valence-corrected chi connectivity index (χ1v) is 7.24. The molecular weight excluding hydrogens is 292 g/mol. The van der Waals surface area contributed by atoms with Crippen LogP contribution in [0.3, 0.4) is 0 Å². The number of methoxy groups -OCH3 is 1. The van der Waals surface area contributed by atoms with Crippen LogP contribution in [-0.4, -0.2) is 33.4 Å². The first-order valence-electron chi connectivity index (χ1n) is 6.45. The molecule has 1 aromatic rings. The largest absolute Gasteiger partial charge is 0.381 e. The van der Waals surface area contributed by atoms with Crippen molar-refractivity contribution in [2.24, 2.45) is 0 Å². The third-order valence-corrected chi connectivity index (χ3v) is 4.28. The van der Waals surface area contributed by atoms with E-state index in [0.717, 1.165) is 32.5 Å². The summed E-state index contributed by atoms with van der Waals surface area (Å²) in [6, 6.07) is 6.63. The van der Waals surface area contributed by atoms with Crippen LogP contribution in [0.5, 0.6) is 0 Å². The molecule has 18 heavy (non-hydrogen) atoms. The molecule has 1 fully saturated rings. The van der Waals surface area contributed by atoms with Crippen LogP contribution in [0, 0.1) is 0 Å². The molecule has 3 nitrogen and oxygen atoms in total. The smallest absolute Gasteiger partial charge is 0.0605 e. The molecule has 1 N–H and O–H groups in total. The standard InChI is InChI=1S/C14H21BrN2O/c1-16-10-11-3-4-12(9-14(11)15)17-7-5-13(18-2)6-8-17/h3-4,9,13,16H,5-8,10H2,1-2H3. The Labute approximate surface area is 118 Å². The summed E-state index contributed by atoms with van der Waals surface area (Å²) in [6.45, 7) is 3.05. The lowest BCUT2D eigenvalue weighted by molar-refractivity contribution is 0.0819. The van der Waals surface area contributed by atoms with Gasteiger partial charge < -0.3 is 15.0 Å². The molecule has 1 aliphatic heterocycles. The van der Waals surface area contributed by atoms with E-state index in [1.54, 1.807) is 0 Å². The van der Waals surface area contributed by atoms with Crippen LogP contribution < -0.4 is 10.2 Å². The predicted octanol–water partition coefficient (Wildman–Crippen LogP) is 2.78. The second kappa shape index (κ2) is 6.55. The molecule has 0 bridgehead atoms. The van der Waals surface area contributed by atoms with E-state index < -0.39 is 0 Å². The molecule has 0 spiro atoms. The van der Waals surface area contributed by atoms with Crippen LogP contribution in [0.1, 0.15) is 18.4 Å². The van der Waals surface area contributed by atoms with Gasteiger partial charge in [0.1, 0.15) is 0 Å². The lowest BCUT2D eigenvalue weighted by Crippen LogP contribution is -2.36. The van der Waals surface area contributed by atoms with Gasteiger partial charge in [-0.15, -0.1) is 0 Å². The van der Waals surface area contributed by atoms with Gasteiger partial charge in [0, 0.05) is 36.9 Å². The van der Waals surface area contributed by atoms with E-state index in [4.69, 9.17) is 4.74 Å². The number of halogens is 1. The highest BCUT2D eigenvalue weighted by Gasteiger charge is 2.19. The maximum absolute atomic E-state index is 5.41. The summed E-state index contributed by atoms with van der Waals surface area (Å²) >= 11 is 3.65. The lowest BCUT2D eigenvalue weighted by Gasteiger charge is -2.33. The Balaban J connectivity index is 2.03. The van der Waals surface area contributed by atoms with Crippen molar-refractivity contribution < 1.29 is 4.74 Å². The van der Waals surface area contributed by atoms with Gasteiger partial charge in [-0.2, -0.15) is 0 Å². The Morgan fingerprint density at radius 1 is 1.39 bits per heavy atom. The Bertz CT molecular complexity index is 389. The number of hydrogen-bond acceptors (Lipinski definition) is 3. The first-order chi connectivity index (χ1) is 8.74. The molecular formula is C14H21BrN2O. The minimum Gasteiger partial charge on any atom is -0.381 e. The summed E-state index contributed by atoms with van der Waals surface area (Å²) < 4.78 is 6.59. The van der Waals surface area contributed by atoms with Crippen molar-refractivity contribution in [3.05, 3.63) is 28.2 Å². The second-order valence-corrected chi connectivity index (χ2v) is 5.58. The zero-order chi connectivity index (χ0) is 13.0. The van der Waals surface area contributed by atoms with Gasteiger partial charge in [-0.1, -0.05) is 22.0 Å². The fraction of sp³-hybridized carbons (Fsp3) is 0.571. The number of piperidine rings is 1. The van der Waals surface area contributed by atoms with Gasteiger partial charge in [0.15, 0.2) is 0 Å². The molecule has 2 rings (SSSR count). The van der Waals surface area contributed by atoms with Crippen LogP contribution in [0.25, 0.3) is 0 Å². The Morgan fingerprint density at radius 2 is 2.11 bits per heavy atom. The molecule has 0 unspecified atom stereocenters. The minimum absolute atomic E-state index is 0.438. The zero-order valence-corrected chi connectivity index (χ0v) is 12.7. The van der Waals surface area contributed by atoms with Crippen molar-refractivity contribution in [1.82, 2.24) is 5.32 Å². The van der Waals surface area contributed by atoms with Gasteiger partial charge >= 0.3 is 0 Å². The molecule has 1 aliphatic rings. The Kier molecular flexibility index (Phi) is 5.03. The molecule has 1 saturated heterocycles. The summed E-state index contributed by atoms with van der Waals surface area (Å²) in [6.07, 6.45) is 2.67. The maximum atomic E-state index is 5.41. The van der Waals surface area contributed by atoms with Crippen molar-refractivity contribution in [2.75, 3.05) is 32.1 Å². The van der Waals surface area contributed by atoms with Gasteiger partial charge in [-0.25, -0.2) is 0 Å². The topological polar surface area (TPSA) is 24.5 Å². The van der Waals surface area contributed by atoms with E-state index >= 15 is 0 Å². The molecule has 0 aliphatic carbocycles. The number of nitrogens with one attached hydrogen (secondary N) is 1. The monoisotopic (exact) mass is 312 g/mol. The lowest BCUT2D eigenvalue weighted by atomic mass is 10.1. The number of hydrogen-bond donors (Lipinski definition) is 1. The predicted molar refractivity (Wildman–Crippen MR) is 79.1 cm³/mol. The van der Waals surface area contributed by atoms with E-state index in [0.29, 0.717) is 6.10 Å². The van der Waals surface area contributed by atoms with Crippen molar-refractivity contribution >= 4 is 21.6 Å². The highest BCUT2D eigenvalue weighted by atomic mass is 79.9. The summed E-state index contributed by atoms with van der Waals surface area (Å²) in [7, 11) is 3.78. The summed E-state index contributed by atoms with van der Waals surface area (Å²) in [4.78, 5) is 2.43. The molecule has 0 aromatic heterocycles.